The van der Waals surface area contributed by atoms with Crippen molar-refractivity contribution in [2.24, 2.45) is 5.10 Å². The van der Waals surface area contributed by atoms with Gasteiger partial charge in [0.15, 0.2) is 0 Å². The highest BCUT2D eigenvalue weighted by Crippen LogP contribution is 2.23. The largest absolute Gasteiger partial charge is 0.488 e. The van der Waals surface area contributed by atoms with E-state index in [9.17, 15) is 4.79 Å². The molecule has 0 aliphatic rings. The zero-order chi connectivity index (χ0) is 24.0. The predicted octanol–water partition coefficient (Wildman–Crippen LogP) is 6.41. The van der Waals surface area contributed by atoms with Gasteiger partial charge in [0, 0.05) is 5.56 Å². The van der Waals surface area contributed by atoms with Gasteiger partial charge in [-0.15, -0.1) is 0 Å². The van der Waals surface area contributed by atoms with E-state index < -0.39 is 0 Å². The summed E-state index contributed by atoms with van der Waals surface area (Å²) in [5.41, 5.74) is 6.84. The summed E-state index contributed by atoms with van der Waals surface area (Å²) in [5, 5.41) is 6.52. The molecule has 0 aliphatic carbocycles. The first-order valence-corrected chi connectivity index (χ1v) is 11.5. The van der Waals surface area contributed by atoms with Crippen molar-refractivity contribution < 1.29 is 9.53 Å². The quantitative estimate of drug-likeness (QED) is 0.261. The molecule has 0 fully saturated rings. The number of hydrogen-bond acceptors (Lipinski definition) is 3. The van der Waals surface area contributed by atoms with Crippen LogP contribution in [0.3, 0.4) is 0 Å². The van der Waals surface area contributed by atoms with Gasteiger partial charge in [-0.1, -0.05) is 99.6 Å². The molecular formula is C30H30N2O2. The van der Waals surface area contributed by atoms with Gasteiger partial charge in [-0.3, -0.25) is 4.79 Å². The summed E-state index contributed by atoms with van der Waals surface area (Å²) in [6.07, 6.45) is 1.90. The number of para-hydroxylation sites is 1. The maximum Gasteiger partial charge on any atom is 0.244 e. The van der Waals surface area contributed by atoms with Crippen molar-refractivity contribution in [3.05, 3.63) is 113 Å². The lowest BCUT2D eigenvalue weighted by Crippen LogP contribution is -2.20. The lowest BCUT2D eigenvalue weighted by atomic mass is 9.86. The Hall–Kier alpha value is -3.92. The van der Waals surface area contributed by atoms with Gasteiger partial charge in [-0.25, -0.2) is 5.43 Å². The second-order valence-corrected chi connectivity index (χ2v) is 9.38. The van der Waals surface area contributed by atoms with Gasteiger partial charge in [0.1, 0.15) is 12.4 Å². The fourth-order valence-electron chi connectivity index (χ4n) is 3.81. The molecule has 34 heavy (non-hydrogen) atoms. The van der Waals surface area contributed by atoms with Crippen LogP contribution >= 0.6 is 0 Å². The van der Waals surface area contributed by atoms with Crippen molar-refractivity contribution in [3.63, 3.8) is 0 Å². The Balaban J connectivity index is 1.37. The molecule has 0 aromatic heterocycles. The van der Waals surface area contributed by atoms with Crippen LogP contribution in [0, 0.1) is 0 Å². The third-order valence-electron chi connectivity index (χ3n) is 5.76. The molecule has 0 aliphatic heterocycles. The fraction of sp³-hybridized carbons (Fsp3) is 0.200. The molecule has 4 rings (SSSR count). The Morgan fingerprint density at radius 3 is 2.38 bits per heavy atom. The summed E-state index contributed by atoms with van der Waals surface area (Å²) in [6.45, 7) is 6.97. The summed E-state index contributed by atoms with van der Waals surface area (Å²) in [4.78, 5) is 12.3. The molecule has 0 heterocycles. The third kappa shape index (κ3) is 5.90. The van der Waals surface area contributed by atoms with Gasteiger partial charge in [-0.2, -0.15) is 5.10 Å². The number of carbonyl (C=O) groups excluding carboxylic acids is 1. The van der Waals surface area contributed by atoms with Crippen LogP contribution in [0.2, 0.25) is 0 Å². The molecule has 0 radical (unpaired) electrons. The second-order valence-electron chi connectivity index (χ2n) is 9.38. The smallest absolute Gasteiger partial charge is 0.244 e. The lowest BCUT2D eigenvalue weighted by molar-refractivity contribution is -0.120. The summed E-state index contributed by atoms with van der Waals surface area (Å²) in [7, 11) is 0. The zero-order valence-corrected chi connectivity index (χ0v) is 19.9. The SMILES string of the molecule is CC(C)(C)c1ccc(CC(=O)N/N=C\c2ccccc2OCc2cccc3ccccc23)cc1. The van der Waals surface area contributed by atoms with Crippen LogP contribution in [0.5, 0.6) is 5.75 Å². The lowest BCUT2D eigenvalue weighted by Gasteiger charge is -2.19. The topological polar surface area (TPSA) is 50.7 Å². The first kappa shape index (κ1) is 23.2. The molecule has 0 saturated carbocycles. The van der Waals surface area contributed by atoms with Crippen LogP contribution in [-0.2, 0) is 23.2 Å². The van der Waals surface area contributed by atoms with Crippen LogP contribution in [0.25, 0.3) is 10.8 Å². The zero-order valence-electron chi connectivity index (χ0n) is 19.9. The Kier molecular flexibility index (Phi) is 7.07. The predicted molar refractivity (Wildman–Crippen MR) is 139 cm³/mol. The van der Waals surface area contributed by atoms with E-state index in [4.69, 9.17) is 4.74 Å². The van der Waals surface area contributed by atoms with Gasteiger partial charge in [-0.05, 0) is 45.0 Å². The number of ether oxygens (including phenoxy) is 1. The van der Waals surface area contributed by atoms with Crippen molar-refractivity contribution in [1.82, 2.24) is 5.43 Å². The van der Waals surface area contributed by atoms with Gasteiger partial charge < -0.3 is 4.74 Å². The maximum absolute atomic E-state index is 12.3. The minimum atomic E-state index is -0.158. The van der Waals surface area contributed by atoms with Crippen LogP contribution in [0.4, 0.5) is 0 Å². The number of hydrogen-bond donors (Lipinski definition) is 1. The molecule has 4 aromatic carbocycles. The molecule has 0 spiro atoms. The summed E-state index contributed by atoms with van der Waals surface area (Å²) in [5.74, 6) is 0.556. The number of amides is 1. The number of nitrogens with zero attached hydrogens (tertiary/aromatic N) is 1. The minimum Gasteiger partial charge on any atom is -0.488 e. The molecular weight excluding hydrogens is 420 g/mol. The highest BCUT2D eigenvalue weighted by atomic mass is 16.5. The number of nitrogens with one attached hydrogen (secondary N) is 1. The Labute approximate surface area is 201 Å². The number of rotatable bonds is 7. The molecule has 1 N–H and O–H groups in total. The van der Waals surface area contributed by atoms with Crippen molar-refractivity contribution in [3.8, 4) is 5.75 Å². The van der Waals surface area contributed by atoms with Crippen molar-refractivity contribution in [1.29, 1.82) is 0 Å². The van der Waals surface area contributed by atoms with E-state index in [2.05, 4.69) is 67.7 Å². The van der Waals surface area contributed by atoms with Gasteiger partial charge in [0.05, 0.1) is 12.6 Å². The first-order chi connectivity index (χ1) is 16.4. The third-order valence-corrected chi connectivity index (χ3v) is 5.76. The van der Waals surface area contributed by atoms with E-state index in [1.54, 1.807) is 6.21 Å². The van der Waals surface area contributed by atoms with Crippen molar-refractivity contribution in [2.75, 3.05) is 0 Å². The van der Waals surface area contributed by atoms with Crippen molar-refractivity contribution in [2.45, 2.75) is 39.2 Å². The normalized spacial score (nSPS) is 11.6. The van der Waals surface area contributed by atoms with Gasteiger partial charge >= 0.3 is 0 Å². The van der Waals surface area contributed by atoms with Crippen LogP contribution in [0.15, 0.2) is 96.1 Å². The van der Waals surface area contributed by atoms with E-state index in [0.717, 1.165) is 16.7 Å². The van der Waals surface area contributed by atoms with Gasteiger partial charge in [0.25, 0.3) is 0 Å². The maximum atomic E-state index is 12.3. The molecule has 4 aromatic rings. The molecule has 172 valence electrons. The average Bonchev–Trinajstić information content (AvgIpc) is 2.83. The van der Waals surface area contributed by atoms with E-state index in [0.29, 0.717) is 12.4 Å². The summed E-state index contributed by atoms with van der Waals surface area (Å²) in [6, 6.07) is 30.3. The molecule has 4 nitrogen and oxygen atoms in total. The van der Waals surface area contributed by atoms with E-state index in [-0.39, 0.29) is 17.7 Å². The number of carbonyl (C=O) groups is 1. The number of benzene rings is 4. The molecule has 4 heteroatoms. The molecule has 1 amide bonds. The van der Waals surface area contributed by atoms with Crippen LogP contribution in [0.1, 0.15) is 43.0 Å². The average molecular weight is 451 g/mol. The standard InChI is InChI=1S/C30H30N2O2/c1-30(2,3)26-17-15-22(16-18-26)19-29(33)32-31-20-24-10-5-7-14-28(24)34-21-25-12-8-11-23-9-4-6-13-27(23)25/h4-18,20H,19,21H2,1-3H3,(H,32,33)/b31-20-. The monoisotopic (exact) mass is 450 g/mol. The highest BCUT2D eigenvalue weighted by Gasteiger charge is 2.13. The van der Waals surface area contributed by atoms with Crippen LogP contribution < -0.4 is 10.2 Å². The summed E-state index contributed by atoms with van der Waals surface area (Å²) >= 11 is 0. The number of hydrazone groups is 1. The van der Waals surface area contributed by atoms with E-state index >= 15 is 0 Å². The molecule has 0 unspecified atom stereocenters. The van der Waals surface area contributed by atoms with E-state index in [1.165, 1.54) is 16.3 Å². The van der Waals surface area contributed by atoms with Crippen molar-refractivity contribution >= 4 is 22.9 Å². The minimum absolute atomic E-state index is 0.0914. The van der Waals surface area contributed by atoms with Gasteiger partial charge in [0.2, 0.25) is 5.91 Å². The summed E-state index contributed by atoms with van der Waals surface area (Å²) < 4.78 is 6.12. The molecule has 0 bridgehead atoms. The van der Waals surface area contributed by atoms with Crippen LogP contribution in [-0.4, -0.2) is 12.1 Å². The Morgan fingerprint density at radius 2 is 1.59 bits per heavy atom. The molecule has 0 saturated heterocycles. The molecule has 0 atom stereocenters. The Morgan fingerprint density at radius 1 is 0.882 bits per heavy atom. The van der Waals surface area contributed by atoms with E-state index in [1.807, 2.05) is 54.6 Å². The Bertz CT molecular complexity index is 1300. The highest BCUT2D eigenvalue weighted by molar-refractivity contribution is 5.86. The fourth-order valence-corrected chi connectivity index (χ4v) is 3.81. The first-order valence-electron chi connectivity index (χ1n) is 11.5. The number of fused-ring (bicyclic) bond motifs is 1. The second kappa shape index (κ2) is 10.3.